The minimum absolute atomic E-state index is 0.927. The SMILES string of the molecule is CCNCSc1cc(C)ccc1OC. The molecule has 1 aromatic carbocycles. The number of hydrogen-bond donors (Lipinski definition) is 1. The highest BCUT2D eigenvalue weighted by Gasteiger charge is 2.02. The summed E-state index contributed by atoms with van der Waals surface area (Å²) in [4.78, 5) is 1.20. The molecule has 2 nitrogen and oxygen atoms in total. The number of benzene rings is 1. The highest BCUT2D eigenvalue weighted by Crippen LogP contribution is 2.29. The molecule has 78 valence electrons. The summed E-state index contributed by atoms with van der Waals surface area (Å²) in [5.41, 5.74) is 1.27. The maximum Gasteiger partial charge on any atom is 0.132 e. The van der Waals surface area contributed by atoms with Crippen molar-refractivity contribution in [3.63, 3.8) is 0 Å². The lowest BCUT2D eigenvalue weighted by Crippen LogP contribution is -2.10. The smallest absolute Gasteiger partial charge is 0.132 e. The van der Waals surface area contributed by atoms with Crippen LogP contribution in [0.15, 0.2) is 23.1 Å². The van der Waals surface area contributed by atoms with E-state index in [1.54, 1.807) is 18.9 Å². The summed E-state index contributed by atoms with van der Waals surface area (Å²) in [5.74, 6) is 1.88. The lowest BCUT2D eigenvalue weighted by atomic mass is 10.2. The summed E-state index contributed by atoms with van der Waals surface area (Å²) in [7, 11) is 1.71. The van der Waals surface area contributed by atoms with Crippen LogP contribution in [0.2, 0.25) is 0 Å². The molecule has 0 saturated carbocycles. The Labute approximate surface area is 90.0 Å². The van der Waals surface area contributed by atoms with Crippen molar-refractivity contribution in [1.29, 1.82) is 0 Å². The molecule has 0 saturated heterocycles. The zero-order valence-electron chi connectivity index (χ0n) is 8.96. The zero-order valence-corrected chi connectivity index (χ0v) is 9.78. The summed E-state index contributed by atoms with van der Waals surface area (Å²) >= 11 is 1.77. The molecule has 0 aliphatic carbocycles. The van der Waals surface area contributed by atoms with Crippen molar-refractivity contribution in [2.75, 3.05) is 19.5 Å². The van der Waals surface area contributed by atoms with Gasteiger partial charge in [-0.15, -0.1) is 11.8 Å². The Morgan fingerprint density at radius 2 is 2.21 bits per heavy atom. The third-order valence-corrected chi connectivity index (χ3v) is 2.88. The van der Waals surface area contributed by atoms with Gasteiger partial charge in [0.2, 0.25) is 0 Å². The molecule has 0 radical (unpaired) electrons. The Morgan fingerprint density at radius 3 is 2.86 bits per heavy atom. The molecule has 0 atom stereocenters. The number of ether oxygens (including phenoxy) is 1. The van der Waals surface area contributed by atoms with Crippen LogP contribution in [-0.2, 0) is 0 Å². The van der Waals surface area contributed by atoms with Crippen LogP contribution in [-0.4, -0.2) is 19.5 Å². The van der Waals surface area contributed by atoms with E-state index in [1.165, 1.54) is 10.5 Å². The highest BCUT2D eigenvalue weighted by molar-refractivity contribution is 7.99. The third kappa shape index (κ3) is 3.24. The Morgan fingerprint density at radius 1 is 1.43 bits per heavy atom. The van der Waals surface area contributed by atoms with E-state index >= 15 is 0 Å². The Kier molecular flexibility index (Phi) is 4.84. The second-order valence-corrected chi connectivity index (χ2v) is 4.06. The van der Waals surface area contributed by atoms with Gasteiger partial charge in [-0.1, -0.05) is 13.0 Å². The first-order chi connectivity index (χ1) is 6.77. The van der Waals surface area contributed by atoms with Gasteiger partial charge in [0.25, 0.3) is 0 Å². The Balaban J connectivity index is 2.67. The van der Waals surface area contributed by atoms with Crippen LogP contribution in [0.5, 0.6) is 5.75 Å². The van der Waals surface area contributed by atoms with Crippen molar-refractivity contribution >= 4 is 11.8 Å². The summed E-state index contributed by atoms with van der Waals surface area (Å²) in [6.45, 7) is 5.20. The molecule has 1 N–H and O–H groups in total. The Bertz CT molecular complexity index is 289. The minimum atomic E-state index is 0.927. The van der Waals surface area contributed by atoms with Crippen LogP contribution in [0.4, 0.5) is 0 Å². The predicted molar refractivity (Wildman–Crippen MR) is 62.1 cm³/mol. The molecule has 0 aliphatic rings. The summed E-state index contributed by atoms with van der Waals surface area (Å²) in [5, 5.41) is 3.27. The van der Waals surface area contributed by atoms with E-state index in [9.17, 15) is 0 Å². The highest BCUT2D eigenvalue weighted by atomic mass is 32.2. The fraction of sp³-hybridized carbons (Fsp3) is 0.455. The Hall–Kier alpha value is -0.670. The standard InChI is InChI=1S/C11H17NOS/c1-4-12-8-14-11-7-9(2)5-6-10(11)13-3/h5-7,12H,4,8H2,1-3H3. The molecular weight excluding hydrogens is 194 g/mol. The lowest BCUT2D eigenvalue weighted by molar-refractivity contribution is 0.404. The largest absolute Gasteiger partial charge is 0.496 e. The summed E-state index contributed by atoms with van der Waals surface area (Å²) in [6, 6.07) is 6.24. The van der Waals surface area contributed by atoms with Gasteiger partial charge in [-0.25, -0.2) is 0 Å². The first kappa shape index (κ1) is 11.4. The third-order valence-electron chi connectivity index (χ3n) is 1.90. The summed E-state index contributed by atoms with van der Waals surface area (Å²) in [6.07, 6.45) is 0. The fourth-order valence-electron chi connectivity index (χ4n) is 1.13. The number of nitrogens with one attached hydrogen (secondary N) is 1. The van der Waals surface area contributed by atoms with Gasteiger partial charge >= 0.3 is 0 Å². The van der Waals surface area contributed by atoms with Crippen LogP contribution < -0.4 is 10.1 Å². The van der Waals surface area contributed by atoms with Gasteiger partial charge in [0, 0.05) is 5.88 Å². The molecule has 0 spiro atoms. The van der Waals surface area contributed by atoms with Crippen LogP contribution >= 0.6 is 11.8 Å². The number of methoxy groups -OCH3 is 1. The van der Waals surface area contributed by atoms with E-state index in [0.717, 1.165) is 18.2 Å². The van der Waals surface area contributed by atoms with Crippen LogP contribution in [0.25, 0.3) is 0 Å². The maximum absolute atomic E-state index is 5.28. The molecule has 0 aromatic heterocycles. The predicted octanol–water partition coefficient (Wildman–Crippen LogP) is 2.66. The first-order valence-corrected chi connectivity index (χ1v) is 5.74. The van der Waals surface area contributed by atoms with Gasteiger partial charge < -0.3 is 10.1 Å². The van der Waals surface area contributed by atoms with Crippen molar-refractivity contribution in [1.82, 2.24) is 5.32 Å². The molecule has 0 aliphatic heterocycles. The number of hydrogen-bond acceptors (Lipinski definition) is 3. The number of thioether (sulfide) groups is 1. The number of aryl methyl sites for hydroxylation is 1. The van der Waals surface area contributed by atoms with Gasteiger partial charge in [0.05, 0.1) is 12.0 Å². The van der Waals surface area contributed by atoms with E-state index in [1.807, 2.05) is 6.07 Å². The average molecular weight is 211 g/mol. The van der Waals surface area contributed by atoms with Crippen molar-refractivity contribution in [3.8, 4) is 5.75 Å². The molecule has 1 rings (SSSR count). The zero-order chi connectivity index (χ0) is 10.4. The topological polar surface area (TPSA) is 21.3 Å². The summed E-state index contributed by atoms with van der Waals surface area (Å²) < 4.78 is 5.28. The minimum Gasteiger partial charge on any atom is -0.496 e. The van der Waals surface area contributed by atoms with Gasteiger partial charge in [-0.3, -0.25) is 0 Å². The van der Waals surface area contributed by atoms with Crippen molar-refractivity contribution in [2.45, 2.75) is 18.7 Å². The molecule has 3 heteroatoms. The monoisotopic (exact) mass is 211 g/mol. The first-order valence-electron chi connectivity index (χ1n) is 4.76. The molecule has 0 unspecified atom stereocenters. The second-order valence-electron chi connectivity index (χ2n) is 3.05. The van der Waals surface area contributed by atoms with E-state index in [-0.39, 0.29) is 0 Å². The van der Waals surface area contributed by atoms with E-state index in [0.29, 0.717) is 0 Å². The fourth-order valence-corrected chi connectivity index (χ4v) is 2.15. The average Bonchev–Trinajstić information content (AvgIpc) is 2.19. The van der Waals surface area contributed by atoms with E-state index < -0.39 is 0 Å². The van der Waals surface area contributed by atoms with Gasteiger partial charge in [0.15, 0.2) is 0 Å². The van der Waals surface area contributed by atoms with Gasteiger partial charge in [-0.2, -0.15) is 0 Å². The van der Waals surface area contributed by atoms with E-state index in [4.69, 9.17) is 4.74 Å². The molecule has 0 amide bonds. The van der Waals surface area contributed by atoms with Crippen LogP contribution in [0.1, 0.15) is 12.5 Å². The maximum atomic E-state index is 5.28. The van der Waals surface area contributed by atoms with Gasteiger partial charge in [0.1, 0.15) is 5.75 Å². The van der Waals surface area contributed by atoms with Crippen molar-refractivity contribution in [2.24, 2.45) is 0 Å². The van der Waals surface area contributed by atoms with Crippen molar-refractivity contribution < 1.29 is 4.74 Å². The molecule has 14 heavy (non-hydrogen) atoms. The number of rotatable bonds is 5. The van der Waals surface area contributed by atoms with Crippen LogP contribution in [0.3, 0.4) is 0 Å². The molecule has 0 heterocycles. The molecule has 0 bridgehead atoms. The van der Waals surface area contributed by atoms with E-state index in [2.05, 4.69) is 31.3 Å². The van der Waals surface area contributed by atoms with Crippen LogP contribution in [0, 0.1) is 6.92 Å². The van der Waals surface area contributed by atoms with Crippen molar-refractivity contribution in [3.05, 3.63) is 23.8 Å². The lowest BCUT2D eigenvalue weighted by Gasteiger charge is -2.08. The molecule has 0 fully saturated rings. The molecular formula is C11H17NOS. The second kappa shape index (κ2) is 5.94. The molecule has 1 aromatic rings. The normalized spacial score (nSPS) is 10.2. The van der Waals surface area contributed by atoms with Gasteiger partial charge in [-0.05, 0) is 31.2 Å². The quantitative estimate of drug-likeness (QED) is 0.459.